The fraction of sp³-hybridized carbons (Fsp3) is 0.278. The van der Waals surface area contributed by atoms with Gasteiger partial charge in [-0.25, -0.2) is 4.39 Å². The Labute approximate surface area is 154 Å². The van der Waals surface area contributed by atoms with Crippen LogP contribution in [0.25, 0.3) is 0 Å². The summed E-state index contributed by atoms with van der Waals surface area (Å²) in [5.74, 6) is 0.499. The molecule has 0 saturated heterocycles. The number of hydrogen-bond acceptors (Lipinski definition) is 3. The molecule has 0 bridgehead atoms. The van der Waals surface area contributed by atoms with Crippen LogP contribution >= 0.6 is 22.6 Å². The number of carbonyl (C=O) groups excluding carboxylic acids is 1. The van der Waals surface area contributed by atoms with E-state index in [4.69, 9.17) is 9.47 Å². The maximum atomic E-state index is 14.0. The van der Waals surface area contributed by atoms with E-state index >= 15 is 0 Å². The van der Waals surface area contributed by atoms with Gasteiger partial charge in [-0.2, -0.15) is 0 Å². The van der Waals surface area contributed by atoms with E-state index in [1.165, 1.54) is 18.1 Å². The van der Waals surface area contributed by atoms with Gasteiger partial charge in [-0.15, -0.1) is 0 Å². The third kappa shape index (κ3) is 3.63. The Morgan fingerprint density at radius 3 is 2.33 bits per heavy atom. The Hall–Kier alpha value is -1.83. The second-order valence-electron chi connectivity index (χ2n) is 5.30. The molecule has 1 atom stereocenters. The first kappa shape index (κ1) is 18.5. The molecule has 0 aliphatic rings. The summed E-state index contributed by atoms with van der Waals surface area (Å²) in [6.07, 6.45) is 0. The molecule has 0 N–H and O–H groups in total. The van der Waals surface area contributed by atoms with Crippen molar-refractivity contribution in [2.24, 2.45) is 0 Å². The van der Waals surface area contributed by atoms with Crippen LogP contribution in [-0.4, -0.2) is 32.1 Å². The van der Waals surface area contributed by atoms with E-state index in [-0.39, 0.29) is 11.7 Å². The predicted octanol–water partition coefficient (Wildman–Crippen LogP) is 4.28. The zero-order valence-corrected chi connectivity index (χ0v) is 16.1. The molecule has 0 fully saturated rings. The molecule has 1 amide bonds. The molecule has 2 aromatic carbocycles. The van der Waals surface area contributed by atoms with Crippen LogP contribution in [0.3, 0.4) is 0 Å². The maximum Gasteiger partial charge on any atom is 0.255 e. The molecule has 2 aromatic rings. The molecular formula is C18H19FINO3. The lowest BCUT2D eigenvalue weighted by Gasteiger charge is -2.26. The fourth-order valence-corrected chi connectivity index (χ4v) is 3.08. The van der Waals surface area contributed by atoms with Gasteiger partial charge in [0, 0.05) is 16.2 Å². The smallest absolute Gasteiger partial charge is 0.255 e. The predicted molar refractivity (Wildman–Crippen MR) is 99.2 cm³/mol. The Morgan fingerprint density at radius 1 is 1.17 bits per heavy atom. The number of rotatable bonds is 5. The molecule has 0 saturated carbocycles. The van der Waals surface area contributed by atoms with Crippen LogP contribution in [0.15, 0.2) is 36.4 Å². The van der Waals surface area contributed by atoms with Gasteiger partial charge in [0.15, 0.2) is 11.5 Å². The number of methoxy groups -OCH3 is 2. The highest BCUT2D eigenvalue weighted by molar-refractivity contribution is 14.1. The molecule has 6 heteroatoms. The van der Waals surface area contributed by atoms with Crippen LogP contribution in [0.5, 0.6) is 11.5 Å². The lowest BCUT2D eigenvalue weighted by molar-refractivity contribution is 0.0739. The third-order valence-electron chi connectivity index (χ3n) is 3.96. The van der Waals surface area contributed by atoms with Gasteiger partial charge in [-0.3, -0.25) is 4.79 Å². The van der Waals surface area contributed by atoms with Crippen molar-refractivity contribution in [3.05, 3.63) is 56.9 Å². The SMILES string of the molecule is COc1cc(I)c(C(=O)N(C)C(C)c2ccccc2F)cc1OC. The van der Waals surface area contributed by atoms with Crippen LogP contribution in [0.2, 0.25) is 0 Å². The van der Waals surface area contributed by atoms with E-state index in [1.54, 1.807) is 51.4 Å². The van der Waals surface area contributed by atoms with Crippen LogP contribution in [0, 0.1) is 9.39 Å². The lowest BCUT2D eigenvalue weighted by atomic mass is 10.1. The molecule has 0 radical (unpaired) electrons. The average molecular weight is 443 g/mol. The number of amides is 1. The van der Waals surface area contributed by atoms with Gasteiger partial charge in [0.2, 0.25) is 0 Å². The van der Waals surface area contributed by atoms with Crippen molar-refractivity contribution in [1.29, 1.82) is 0 Å². The standard InChI is InChI=1S/C18H19FINO3/c1-11(12-7-5-6-8-14(12)19)21(2)18(22)13-9-16(23-3)17(24-4)10-15(13)20/h5-11H,1-4H3. The molecule has 1 unspecified atom stereocenters. The summed E-state index contributed by atoms with van der Waals surface area (Å²) in [5.41, 5.74) is 0.961. The summed E-state index contributed by atoms with van der Waals surface area (Å²) in [6.45, 7) is 1.80. The molecule has 4 nitrogen and oxygen atoms in total. The number of nitrogens with zero attached hydrogens (tertiary/aromatic N) is 1. The van der Waals surface area contributed by atoms with Gasteiger partial charge in [0.1, 0.15) is 5.82 Å². The molecule has 0 aliphatic carbocycles. The van der Waals surface area contributed by atoms with Crippen molar-refractivity contribution in [3.8, 4) is 11.5 Å². The zero-order valence-electron chi connectivity index (χ0n) is 14.0. The van der Waals surface area contributed by atoms with Crippen molar-refractivity contribution in [3.63, 3.8) is 0 Å². The third-order valence-corrected chi connectivity index (χ3v) is 4.85. The minimum atomic E-state index is -0.400. The van der Waals surface area contributed by atoms with E-state index in [0.717, 1.165) is 3.57 Å². The highest BCUT2D eigenvalue weighted by atomic mass is 127. The summed E-state index contributed by atoms with van der Waals surface area (Å²) in [6, 6.07) is 9.45. The van der Waals surface area contributed by atoms with E-state index < -0.39 is 6.04 Å². The molecule has 0 aliphatic heterocycles. The van der Waals surface area contributed by atoms with Crippen LogP contribution in [-0.2, 0) is 0 Å². The summed E-state index contributed by atoms with van der Waals surface area (Å²) in [5, 5.41) is 0. The number of hydrogen-bond donors (Lipinski definition) is 0. The average Bonchev–Trinajstić information content (AvgIpc) is 2.60. The Balaban J connectivity index is 2.36. The summed E-state index contributed by atoms with van der Waals surface area (Å²) in [7, 11) is 4.72. The monoisotopic (exact) mass is 443 g/mol. The van der Waals surface area contributed by atoms with Crippen LogP contribution < -0.4 is 9.47 Å². The summed E-state index contributed by atoms with van der Waals surface area (Å²) < 4.78 is 25.2. The minimum Gasteiger partial charge on any atom is -0.493 e. The van der Waals surface area contributed by atoms with Gasteiger partial charge in [-0.1, -0.05) is 18.2 Å². The van der Waals surface area contributed by atoms with Crippen molar-refractivity contribution in [2.75, 3.05) is 21.3 Å². The molecule has 128 valence electrons. The van der Waals surface area contributed by atoms with Gasteiger partial charge in [0.25, 0.3) is 5.91 Å². The Bertz CT molecular complexity index is 751. The molecule has 0 heterocycles. The van der Waals surface area contributed by atoms with Crippen molar-refractivity contribution < 1.29 is 18.7 Å². The second-order valence-corrected chi connectivity index (χ2v) is 6.46. The van der Waals surface area contributed by atoms with Crippen LogP contribution in [0.1, 0.15) is 28.9 Å². The first-order valence-corrected chi connectivity index (χ1v) is 8.41. The molecule has 0 aromatic heterocycles. The number of ether oxygens (including phenoxy) is 2. The number of halogens is 2. The van der Waals surface area contributed by atoms with E-state index in [1.807, 2.05) is 0 Å². The fourth-order valence-electron chi connectivity index (χ4n) is 2.41. The molecule has 2 rings (SSSR count). The molecule has 0 spiro atoms. The maximum absolute atomic E-state index is 14.0. The van der Waals surface area contributed by atoms with Gasteiger partial charge in [0.05, 0.1) is 25.8 Å². The number of carbonyl (C=O) groups is 1. The van der Waals surface area contributed by atoms with Gasteiger partial charge in [-0.05, 0) is 47.7 Å². The number of benzene rings is 2. The minimum absolute atomic E-state index is 0.212. The highest BCUT2D eigenvalue weighted by Gasteiger charge is 2.24. The van der Waals surface area contributed by atoms with E-state index in [9.17, 15) is 9.18 Å². The molecule has 24 heavy (non-hydrogen) atoms. The first-order valence-electron chi connectivity index (χ1n) is 7.33. The van der Waals surface area contributed by atoms with Crippen molar-refractivity contribution >= 4 is 28.5 Å². The normalized spacial score (nSPS) is 11.8. The van der Waals surface area contributed by atoms with E-state index in [2.05, 4.69) is 22.6 Å². The Morgan fingerprint density at radius 2 is 1.75 bits per heavy atom. The lowest BCUT2D eigenvalue weighted by Crippen LogP contribution is -2.30. The topological polar surface area (TPSA) is 38.8 Å². The molecular weight excluding hydrogens is 424 g/mol. The Kier molecular flexibility index (Phi) is 6.04. The summed E-state index contributed by atoms with van der Waals surface area (Å²) in [4.78, 5) is 14.4. The quantitative estimate of drug-likeness (QED) is 0.648. The largest absolute Gasteiger partial charge is 0.493 e. The second kappa shape index (κ2) is 7.83. The van der Waals surface area contributed by atoms with Crippen molar-refractivity contribution in [1.82, 2.24) is 4.90 Å². The zero-order chi connectivity index (χ0) is 17.9. The first-order chi connectivity index (χ1) is 11.4. The summed E-state index contributed by atoms with van der Waals surface area (Å²) >= 11 is 2.08. The van der Waals surface area contributed by atoms with Crippen molar-refractivity contribution in [2.45, 2.75) is 13.0 Å². The van der Waals surface area contributed by atoms with Crippen LogP contribution in [0.4, 0.5) is 4.39 Å². The van der Waals surface area contributed by atoms with Gasteiger partial charge >= 0.3 is 0 Å². The highest BCUT2D eigenvalue weighted by Crippen LogP contribution is 2.33. The van der Waals surface area contributed by atoms with Gasteiger partial charge < -0.3 is 14.4 Å². The van der Waals surface area contributed by atoms with E-state index in [0.29, 0.717) is 22.6 Å².